The van der Waals surface area contributed by atoms with E-state index in [1.165, 1.54) is 12.3 Å². The number of benzene rings is 1. The summed E-state index contributed by atoms with van der Waals surface area (Å²) in [4.78, 5) is 27.0. The van der Waals surface area contributed by atoms with Gasteiger partial charge in [0.2, 0.25) is 0 Å². The van der Waals surface area contributed by atoms with Crippen LogP contribution < -0.4 is 10.1 Å². The van der Waals surface area contributed by atoms with Crippen molar-refractivity contribution in [3.8, 4) is 5.75 Å². The van der Waals surface area contributed by atoms with Gasteiger partial charge >= 0.3 is 12.6 Å². The normalized spacial score (nSPS) is 19.3. The SMILES string of the molecule is O=C(O)COC1CCC(NC(=O)c2cnc3cc(OC(F)F)c(F)cc3c2)CC1.[HH]. The van der Waals surface area contributed by atoms with Crippen LogP contribution in [0.4, 0.5) is 13.2 Å². The van der Waals surface area contributed by atoms with Crippen molar-refractivity contribution in [1.82, 2.24) is 10.3 Å². The number of alkyl halides is 2. The van der Waals surface area contributed by atoms with E-state index in [1.807, 2.05) is 0 Å². The summed E-state index contributed by atoms with van der Waals surface area (Å²) < 4.78 is 47.9. The molecule has 3 rings (SSSR count). The standard InChI is InChI=1S/C19H19F3N2O5.H2/c20-14-6-10-5-11(8-23-15(10)7-16(14)29-19(21)22)18(27)24-12-1-3-13(4-2-12)28-9-17(25)26;/h5-8,12-13,19H,1-4,9H2,(H,24,27)(H,25,26);1H. The molecule has 0 unspecified atom stereocenters. The molecule has 2 N–H and O–H groups in total. The van der Waals surface area contributed by atoms with E-state index < -0.39 is 24.1 Å². The molecule has 7 nitrogen and oxygen atoms in total. The molecule has 158 valence electrons. The quantitative estimate of drug-likeness (QED) is 0.721. The van der Waals surface area contributed by atoms with Gasteiger partial charge in [-0.25, -0.2) is 9.18 Å². The zero-order chi connectivity index (χ0) is 21.0. The molecule has 1 amide bonds. The highest BCUT2D eigenvalue weighted by atomic mass is 19.3. The first kappa shape index (κ1) is 20.8. The molecule has 0 atom stereocenters. The van der Waals surface area contributed by atoms with E-state index in [2.05, 4.69) is 15.0 Å². The highest BCUT2D eigenvalue weighted by molar-refractivity contribution is 5.97. The topological polar surface area (TPSA) is 97.8 Å². The van der Waals surface area contributed by atoms with Gasteiger partial charge in [-0.2, -0.15) is 8.78 Å². The molecule has 0 aliphatic heterocycles. The number of carboxylic acids is 1. The lowest BCUT2D eigenvalue weighted by atomic mass is 9.92. The average Bonchev–Trinajstić information content (AvgIpc) is 2.67. The molecule has 1 heterocycles. The summed E-state index contributed by atoms with van der Waals surface area (Å²) in [5.74, 6) is -2.99. The molecule has 1 aromatic heterocycles. The first-order chi connectivity index (χ1) is 13.8. The van der Waals surface area contributed by atoms with E-state index >= 15 is 0 Å². The molecule has 1 aliphatic rings. The van der Waals surface area contributed by atoms with Crippen LogP contribution in [0, 0.1) is 5.82 Å². The number of hydrogen-bond acceptors (Lipinski definition) is 5. The molecule has 2 aromatic rings. The number of amides is 1. The molecule has 0 saturated heterocycles. The van der Waals surface area contributed by atoms with E-state index in [0.717, 1.165) is 12.1 Å². The number of nitrogens with zero attached hydrogens (tertiary/aromatic N) is 1. The minimum absolute atomic E-state index is 0. The van der Waals surface area contributed by atoms with Crippen molar-refractivity contribution < 1.29 is 38.8 Å². The second-order valence-corrected chi connectivity index (χ2v) is 6.73. The molecule has 1 saturated carbocycles. The Balaban J connectivity index is 0.00000320. The van der Waals surface area contributed by atoms with Crippen molar-refractivity contribution in [3.63, 3.8) is 0 Å². The third-order valence-electron chi connectivity index (χ3n) is 4.67. The maximum Gasteiger partial charge on any atom is 0.387 e. The van der Waals surface area contributed by atoms with E-state index in [-0.39, 0.29) is 42.6 Å². The van der Waals surface area contributed by atoms with Crippen LogP contribution in [0.1, 0.15) is 37.5 Å². The molecule has 0 bridgehead atoms. The predicted octanol–water partition coefficient (Wildman–Crippen LogP) is 3.36. The average molecular weight is 414 g/mol. The maximum atomic E-state index is 13.9. The van der Waals surface area contributed by atoms with E-state index in [1.54, 1.807) is 0 Å². The number of nitrogens with one attached hydrogen (secondary N) is 1. The van der Waals surface area contributed by atoms with Crippen LogP contribution in [0.2, 0.25) is 0 Å². The molecule has 29 heavy (non-hydrogen) atoms. The number of ether oxygens (including phenoxy) is 2. The summed E-state index contributed by atoms with van der Waals surface area (Å²) in [5.41, 5.74) is 0.429. The van der Waals surface area contributed by atoms with E-state index in [0.29, 0.717) is 25.7 Å². The third kappa shape index (κ3) is 5.57. The fourth-order valence-corrected chi connectivity index (χ4v) is 3.27. The van der Waals surface area contributed by atoms with Crippen molar-refractivity contribution in [1.29, 1.82) is 0 Å². The Kier molecular flexibility index (Phi) is 6.53. The summed E-state index contributed by atoms with van der Waals surface area (Å²) in [6.07, 6.45) is 3.68. The fraction of sp³-hybridized carbons (Fsp3) is 0.421. The van der Waals surface area contributed by atoms with E-state index in [9.17, 15) is 22.8 Å². The molecule has 1 aromatic carbocycles. The van der Waals surface area contributed by atoms with Gasteiger partial charge in [0, 0.05) is 25.1 Å². The van der Waals surface area contributed by atoms with Gasteiger partial charge in [0.15, 0.2) is 11.6 Å². The molecule has 0 radical (unpaired) electrons. The fourth-order valence-electron chi connectivity index (χ4n) is 3.27. The van der Waals surface area contributed by atoms with Gasteiger partial charge in [0.05, 0.1) is 17.2 Å². The van der Waals surface area contributed by atoms with Gasteiger partial charge in [-0.05, 0) is 37.8 Å². The number of carbonyl (C=O) groups excluding carboxylic acids is 1. The number of fused-ring (bicyclic) bond motifs is 1. The maximum absolute atomic E-state index is 13.9. The molecule has 1 aliphatic carbocycles. The Morgan fingerprint density at radius 3 is 2.62 bits per heavy atom. The summed E-state index contributed by atoms with van der Waals surface area (Å²) in [6, 6.07) is 3.37. The number of aliphatic carboxylic acids is 1. The minimum atomic E-state index is -3.16. The molecular formula is C19H21F3N2O5. The zero-order valence-corrected chi connectivity index (χ0v) is 15.2. The minimum Gasteiger partial charge on any atom is -0.480 e. The Morgan fingerprint density at radius 1 is 1.24 bits per heavy atom. The van der Waals surface area contributed by atoms with Gasteiger partial charge in [-0.3, -0.25) is 9.78 Å². The first-order valence-corrected chi connectivity index (χ1v) is 9.00. The highest BCUT2D eigenvalue weighted by Gasteiger charge is 2.24. The smallest absolute Gasteiger partial charge is 0.387 e. The Labute approximate surface area is 165 Å². The van der Waals surface area contributed by atoms with Crippen molar-refractivity contribution in [3.05, 3.63) is 35.8 Å². The largest absolute Gasteiger partial charge is 0.480 e. The number of pyridine rings is 1. The second kappa shape index (κ2) is 9.08. The van der Waals surface area contributed by atoms with Crippen LogP contribution in [0.15, 0.2) is 24.4 Å². The summed E-state index contributed by atoms with van der Waals surface area (Å²) in [5, 5.41) is 11.8. The highest BCUT2D eigenvalue weighted by Crippen LogP contribution is 2.26. The summed E-state index contributed by atoms with van der Waals surface area (Å²) in [7, 11) is 0. The summed E-state index contributed by atoms with van der Waals surface area (Å²) >= 11 is 0. The molecule has 1 fully saturated rings. The number of hydrogen-bond donors (Lipinski definition) is 2. The van der Waals surface area contributed by atoms with Crippen molar-refractivity contribution in [2.24, 2.45) is 0 Å². The van der Waals surface area contributed by atoms with Crippen molar-refractivity contribution >= 4 is 22.8 Å². The van der Waals surface area contributed by atoms with Crippen LogP contribution in [0.25, 0.3) is 10.9 Å². The zero-order valence-electron chi connectivity index (χ0n) is 15.2. The number of carbonyl (C=O) groups is 2. The van der Waals surface area contributed by atoms with Gasteiger partial charge in [-0.1, -0.05) is 0 Å². The molecule has 10 heteroatoms. The van der Waals surface area contributed by atoms with Crippen LogP contribution in [0.3, 0.4) is 0 Å². The predicted molar refractivity (Wildman–Crippen MR) is 97.5 cm³/mol. The lowest BCUT2D eigenvalue weighted by Gasteiger charge is -2.28. The molecular weight excluding hydrogens is 393 g/mol. The Bertz CT molecular complexity index is 907. The number of halogens is 3. The summed E-state index contributed by atoms with van der Waals surface area (Å²) in [6.45, 7) is -3.50. The van der Waals surface area contributed by atoms with Gasteiger partial charge < -0.3 is 19.9 Å². The Hall–Kier alpha value is -2.88. The van der Waals surface area contributed by atoms with Crippen LogP contribution in [-0.2, 0) is 9.53 Å². The van der Waals surface area contributed by atoms with E-state index in [4.69, 9.17) is 9.84 Å². The number of rotatable bonds is 7. The van der Waals surface area contributed by atoms with Crippen LogP contribution in [0.5, 0.6) is 5.75 Å². The van der Waals surface area contributed by atoms with Gasteiger partial charge in [0.25, 0.3) is 5.91 Å². The number of carboxylic acid groups (broad SMARTS) is 1. The lowest BCUT2D eigenvalue weighted by molar-refractivity contribution is -0.145. The van der Waals surface area contributed by atoms with Crippen LogP contribution >= 0.6 is 0 Å². The third-order valence-corrected chi connectivity index (χ3v) is 4.67. The van der Waals surface area contributed by atoms with Gasteiger partial charge in [-0.15, -0.1) is 0 Å². The number of aromatic nitrogens is 1. The second-order valence-electron chi connectivity index (χ2n) is 6.73. The monoisotopic (exact) mass is 414 g/mol. The van der Waals surface area contributed by atoms with Crippen molar-refractivity contribution in [2.75, 3.05) is 6.61 Å². The Morgan fingerprint density at radius 2 is 1.97 bits per heavy atom. The lowest BCUT2D eigenvalue weighted by Crippen LogP contribution is -2.39. The van der Waals surface area contributed by atoms with Gasteiger partial charge in [0.1, 0.15) is 6.61 Å². The van der Waals surface area contributed by atoms with Crippen LogP contribution in [-0.4, -0.2) is 47.3 Å². The molecule has 0 spiro atoms. The van der Waals surface area contributed by atoms with Crippen molar-refractivity contribution in [2.45, 2.75) is 44.4 Å². The first-order valence-electron chi connectivity index (χ1n) is 9.00.